The number of nitrogen functional groups attached to an aromatic ring is 1. The van der Waals surface area contributed by atoms with Crippen LogP contribution in [0.2, 0.25) is 10.0 Å². The molecule has 100 valence electrons. The van der Waals surface area contributed by atoms with E-state index in [-0.39, 0.29) is 5.02 Å². The third-order valence-electron chi connectivity index (χ3n) is 2.73. The molecule has 0 saturated heterocycles. The van der Waals surface area contributed by atoms with E-state index in [1.54, 1.807) is 0 Å². The first-order valence-electron chi connectivity index (χ1n) is 5.79. The van der Waals surface area contributed by atoms with Gasteiger partial charge in [-0.2, -0.15) is 0 Å². The normalized spacial score (nSPS) is 10.5. The Morgan fingerprint density at radius 2 is 1.79 bits per heavy atom. The molecule has 0 aliphatic rings. The van der Waals surface area contributed by atoms with Crippen LogP contribution in [0.5, 0.6) is 0 Å². The fourth-order valence-corrected chi connectivity index (χ4v) is 2.01. The third kappa shape index (κ3) is 3.75. The van der Waals surface area contributed by atoms with Gasteiger partial charge in [-0.1, -0.05) is 35.3 Å². The van der Waals surface area contributed by atoms with Crippen molar-refractivity contribution >= 4 is 34.6 Å². The minimum absolute atomic E-state index is 0.0285. The molecule has 0 aliphatic heterocycles. The summed E-state index contributed by atoms with van der Waals surface area (Å²) in [6.07, 6.45) is 0.793. The lowest BCUT2D eigenvalue weighted by molar-refractivity contribution is 0.629. The quantitative estimate of drug-likeness (QED) is 0.823. The van der Waals surface area contributed by atoms with E-state index in [2.05, 4.69) is 5.32 Å². The molecule has 0 atom stereocenters. The van der Waals surface area contributed by atoms with Gasteiger partial charge in [-0.15, -0.1) is 0 Å². The number of hydrogen-bond donors (Lipinski definition) is 2. The molecular formula is C14H13Cl2FN2. The first-order chi connectivity index (χ1) is 9.06. The van der Waals surface area contributed by atoms with E-state index in [9.17, 15) is 4.39 Å². The van der Waals surface area contributed by atoms with E-state index in [1.807, 2.05) is 24.3 Å². The average molecular weight is 299 g/mol. The highest BCUT2D eigenvalue weighted by Gasteiger charge is 2.05. The Morgan fingerprint density at radius 1 is 1.11 bits per heavy atom. The highest BCUT2D eigenvalue weighted by atomic mass is 35.5. The van der Waals surface area contributed by atoms with Crippen molar-refractivity contribution in [1.29, 1.82) is 0 Å². The van der Waals surface area contributed by atoms with Crippen LogP contribution in [0.25, 0.3) is 0 Å². The minimum Gasteiger partial charge on any atom is -0.397 e. The smallest absolute Gasteiger partial charge is 0.143 e. The van der Waals surface area contributed by atoms with E-state index in [4.69, 9.17) is 28.9 Å². The first kappa shape index (κ1) is 14.0. The standard InChI is InChI=1S/C14H13Cl2FN2/c15-10-3-1-9(2-4-10)5-6-19-14-8-12(17)11(16)7-13(14)18/h1-4,7-8,19H,5-6,18H2. The lowest BCUT2D eigenvalue weighted by Gasteiger charge is -2.10. The summed E-state index contributed by atoms with van der Waals surface area (Å²) in [4.78, 5) is 0. The average Bonchev–Trinajstić information content (AvgIpc) is 2.38. The number of nitrogens with one attached hydrogen (secondary N) is 1. The Balaban J connectivity index is 1.96. The van der Waals surface area contributed by atoms with Gasteiger partial charge in [0.1, 0.15) is 5.82 Å². The molecular weight excluding hydrogens is 286 g/mol. The summed E-state index contributed by atoms with van der Waals surface area (Å²) in [6.45, 7) is 0.646. The van der Waals surface area contributed by atoms with Crippen LogP contribution < -0.4 is 11.1 Å². The summed E-state index contributed by atoms with van der Waals surface area (Å²) in [5.74, 6) is -0.482. The van der Waals surface area contributed by atoms with Gasteiger partial charge in [0.25, 0.3) is 0 Å². The van der Waals surface area contributed by atoms with Crippen LogP contribution in [-0.4, -0.2) is 6.54 Å². The van der Waals surface area contributed by atoms with Crippen molar-refractivity contribution in [2.45, 2.75) is 6.42 Å². The van der Waals surface area contributed by atoms with E-state index in [0.717, 1.165) is 12.0 Å². The zero-order valence-electron chi connectivity index (χ0n) is 10.1. The zero-order valence-corrected chi connectivity index (χ0v) is 11.6. The van der Waals surface area contributed by atoms with E-state index >= 15 is 0 Å². The van der Waals surface area contributed by atoms with Crippen molar-refractivity contribution in [2.75, 3.05) is 17.6 Å². The molecule has 0 heterocycles. The van der Waals surface area contributed by atoms with Crippen LogP contribution in [0.3, 0.4) is 0 Å². The Kier molecular flexibility index (Phi) is 4.51. The van der Waals surface area contributed by atoms with E-state index < -0.39 is 5.82 Å². The second kappa shape index (κ2) is 6.13. The van der Waals surface area contributed by atoms with Crippen LogP contribution in [0, 0.1) is 5.82 Å². The summed E-state index contributed by atoms with van der Waals surface area (Å²) < 4.78 is 13.3. The number of hydrogen-bond acceptors (Lipinski definition) is 2. The number of benzene rings is 2. The molecule has 0 unspecified atom stereocenters. The maximum atomic E-state index is 13.3. The molecule has 0 radical (unpaired) electrons. The third-order valence-corrected chi connectivity index (χ3v) is 3.28. The summed E-state index contributed by atoms with van der Waals surface area (Å²) >= 11 is 11.4. The maximum absolute atomic E-state index is 13.3. The topological polar surface area (TPSA) is 38.0 Å². The molecule has 3 N–H and O–H groups in total. The molecule has 2 aromatic carbocycles. The largest absolute Gasteiger partial charge is 0.397 e. The SMILES string of the molecule is Nc1cc(Cl)c(F)cc1NCCc1ccc(Cl)cc1. The van der Waals surface area contributed by atoms with Crippen molar-refractivity contribution in [3.8, 4) is 0 Å². The van der Waals surface area contributed by atoms with Gasteiger partial charge < -0.3 is 11.1 Å². The van der Waals surface area contributed by atoms with Gasteiger partial charge in [0.15, 0.2) is 0 Å². The molecule has 0 bridgehead atoms. The van der Waals surface area contributed by atoms with E-state index in [0.29, 0.717) is 22.9 Å². The molecule has 0 fully saturated rings. The Hall–Kier alpha value is -1.45. The van der Waals surface area contributed by atoms with Crippen molar-refractivity contribution in [1.82, 2.24) is 0 Å². The van der Waals surface area contributed by atoms with Gasteiger partial charge in [-0.25, -0.2) is 4.39 Å². The summed E-state index contributed by atoms with van der Waals surface area (Å²) in [6, 6.07) is 10.3. The molecule has 0 spiro atoms. The zero-order chi connectivity index (χ0) is 13.8. The van der Waals surface area contributed by atoms with Crippen LogP contribution in [-0.2, 0) is 6.42 Å². The predicted octanol–water partition coefficient (Wildman–Crippen LogP) is 4.37. The number of nitrogens with two attached hydrogens (primary N) is 1. The molecule has 0 aromatic heterocycles. The Labute approximate surface area is 121 Å². The fourth-order valence-electron chi connectivity index (χ4n) is 1.71. The second-order valence-corrected chi connectivity index (χ2v) is 5.00. The summed E-state index contributed by atoms with van der Waals surface area (Å²) in [7, 11) is 0. The molecule has 2 nitrogen and oxygen atoms in total. The van der Waals surface area contributed by atoms with Gasteiger partial charge in [-0.3, -0.25) is 0 Å². The van der Waals surface area contributed by atoms with Crippen LogP contribution in [0.4, 0.5) is 15.8 Å². The monoisotopic (exact) mass is 298 g/mol. The van der Waals surface area contributed by atoms with Crippen LogP contribution in [0.1, 0.15) is 5.56 Å². The fraction of sp³-hybridized carbons (Fsp3) is 0.143. The number of halogens is 3. The van der Waals surface area contributed by atoms with Gasteiger partial charge >= 0.3 is 0 Å². The molecule has 0 aliphatic carbocycles. The minimum atomic E-state index is -0.482. The maximum Gasteiger partial charge on any atom is 0.143 e. The van der Waals surface area contributed by atoms with Crippen molar-refractivity contribution in [2.24, 2.45) is 0 Å². The van der Waals surface area contributed by atoms with Crippen molar-refractivity contribution in [3.63, 3.8) is 0 Å². The Bertz CT molecular complexity index is 570. The molecule has 2 aromatic rings. The summed E-state index contributed by atoms with van der Waals surface area (Å²) in [5.41, 5.74) is 7.89. The van der Waals surface area contributed by atoms with Gasteiger partial charge in [0.05, 0.1) is 16.4 Å². The summed E-state index contributed by atoms with van der Waals surface area (Å²) in [5, 5.41) is 3.82. The molecule has 5 heteroatoms. The van der Waals surface area contributed by atoms with Crippen molar-refractivity contribution < 1.29 is 4.39 Å². The Morgan fingerprint density at radius 3 is 2.47 bits per heavy atom. The predicted molar refractivity (Wildman–Crippen MR) is 79.5 cm³/mol. The van der Waals surface area contributed by atoms with Crippen LogP contribution in [0.15, 0.2) is 36.4 Å². The number of rotatable bonds is 4. The molecule has 0 saturated carbocycles. The molecule has 2 rings (SSSR count). The van der Waals surface area contributed by atoms with Crippen LogP contribution >= 0.6 is 23.2 Å². The molecule has 0 amide bonds. The van der Waals surface area contributed by atoms with E-state index in [1.165, 1.54) is 12.1 Å². The first-order valence-corrected chi connectivity index (χ1v) is 6.54. The van der Waals surface area contributed by atoms with Gasteiger partial charge in [-0.05, 0) is 30.2 Å². The lowest BCUT2D eigenvalue weighted by Crippen LogP contribution is -2.07. The van der Waals surface area contributed by atoms with Gasteiger partial charge in [0.2, 0.25) is 0 Å². The highest BCUT2D eigenvalue weighted by Crippen LogP contribution is 2.26. The second-order valence-electron chi connectivity index (χ2n) is 4.16. The lowest BCUT2D eigenvalue weighted by atomic mass is 10.1. The highest BCUT2D eigenvalue weighted by molar-refractivity contribution is 6.31. The molecule has 19 heavy (non-hydrogen) atoms. The number of anilines is 2. The van der Waals surface area contributed by atoms with Crippen molar-refractivity contribution in [3.05, 3.63) is 57.8 Å². The van der Waals surface area contributed by atoms with Gasteiger partial charge in [0, 0.05) is 17.6 Å².